The van der Waals surface area contributed by atoms with Gasteiger partial charge in [0.15, 0.2) is 0 Å². The molecule has 0 fully saturated rings. The number of carbonyl (C=O) groups excluding carboxylic acids is 1. The average molecular weight is 264 g/mol. The first-order valence-electron chi connectivity index (χ1n) is 5.57. The van der Waals surface area contributed by atoms with Crippen LogP contribution in [0.1, 0.15) is 27.2 Å². The van der Waals surface area contributed by atoms with Crippen LogP contribution in [0.15, 0.2) is 18.3 Å². The Morgan fingerprint density at radius 3 is 2.61 bits per heavy atom. The van der Waals surface area contributed by atoms with Crippen molar-refractivity contribution in [3.05, 3.63) is 45.7 Å². The molecule has 4 nitrogen and oxygen atoms in total. The molecule has 0 bridgehead atoms. The van der Waals surface area contributed by atoms with Crippen molar-refractivity contribution < 1.29 is 4.79 Å². The van der Waals surface area contributed by atoms with Crippen molar-refractivity contribution in [2.45, 2.75) is 20.8 Å². The van der Waals surface area contributed by atoms with Crippen molar-refractivity contribution in [1.29, 1.82) is 0 Å². The Morgan fingerprint density at radius 1 is 1.33 bits per heavy atom. The van der Waals surface area contributed by atoms with Crippen molar-refractivity contribution >= 4 is 23.2 Å². The molecule has 0 aliphatic heterocycles. The zero-order valence-corrected chi connectivity index (χ0v) is 11.2. The standard InChI is InChI=1S/C13H14ClN3O/c1-7-4-8(2)12(11(14)5-7)16-13(18)10-6-15-17-9(10)3/h4-6H,1-3H3,(H,15,17)(H,16,18). The lowest BCUT2D eigenvalue weighted by molar-refractivity contribution is 0.102. The molecular formula is C13H14ClN3O. The predicted molar refractivity (Wildman–Crippen MR) is 72.2 cm³/mol. The van der Waals surface area contributed by atoms with Crippen molar-refractivity contribution in [2.24, 2.45) is 0 Å². The van der Waals surface area contributed by atoms with Crippen LogP contribution in [-0.2, 0) is 0 Å². The number of carbonyl (C=O) groups is 1. The molecule has 2 aromatic rings. The minimum Gasteiger partial charge on any atom is -0.320 e. The van der Waals surface area contributed by atoms with E-state index in [0.29, 0.717) is 16.3 Å². The topological polar surface area (TPSA) is 57.8 Å². The second-order valence-corrected chi connectivity index (χ2v) is 4.71. The maximum absolute atomic E-state index is 12.1. The first-order chi connectivity index (χ1) is 8.49. The lowest BCUT2D eigenvalue weighted by atomic mass is 10.1. The number of benzene rings is 1. The van der Waals surface area contributed by atoms with Crippen LogP contribution < -0.4 is 5.32 Å². The molecule has 0 unspecified atom stereocenters. The number of hydrogen-bond acceptors (Lipinski definition) is 2. The van der Waals surface area contributed by atoms with Crippen molar-refractivity contribution in [1.82, 2.24) is 10.2 Å². The highest BCUT2D eigenvalue weighted by Gasteiger charge is 2.14. The number of aromatic nitrogens is 2. The van der Waals surface area contributed by atoms with Gasteiger partial charge in [0, 0.05) is 5.69 Å². The third-order valence-electron chi connectivity index (χ3n) is 2.74. The quantitative estimate of drug-likeness (QED) is 0.874. The lowest BCUT2D eigenvalue weighted by Crippen LogP contribution is -2.13. The number of halogens is 1. The van der Waals surface area contributed by atoms with Gasteiger partial charge in [0.25, 0.3) is 5.91 Å². The van der Waals surface area contributed by atoms with E-state index in [1.54, 1.807) is 6.92 Å². The molecular weight excluding hydrogens is 250 g/mol. The molecule has 2 N–H and O–H groups in total. The summed E-state index contributed by atoms with van der Waals surface area (Å²) in [7, 11) is 0. The summed E-state index contributed by atoms with van der Waals surface area (Å²) in [5.74, 6) is -0.213. The Bertz CT molecular complexity index is 581. The third kappa shape index (κ3) is 2.38. The van der Waals surface area contributed by atoms with E-state index in [1.165, 1.54) is 6.20 Å². The highest BCUT2D eigenvalue weighted by atomic mass is 35.5. The summed E-state index contributed by atoms with van der Waals surface area (Å²) >= 11 is 6.14. The number of H-pyrrole nitrogens is 1. The smallest absolute Gasteiger partial charge is 0.259 e. The second kappa shape index (κ2) is 4.82. The minimum absolute atomic E-state index is 0.213. The number of amides is 1. The molecule has 0 spiro atoms. The molecule has 1 aromatic heterocycles. The van der Waals surface area contributed by atoms with E-state index in [-0.39, 0.29) is 5.91 Å². The molecule has 0 radical (unpaired) electrons. The van der Waals surface area contributed by atoms with E-state index in [9.17, 15) is 4.79 Å². The van der Waals surface area contributed by atoms with Crippen LogP contribution in [0.3, 0.4) is 0 Å². The molecule has 0 saturated heterocycles. The Hall–Kier alpha value is -1.81. The largest absolute Gasteiger partial charge is 0.320 e. The fraction of sp³-hybridized carbons (Fsp3) is 0.231. The van der Waals surface area contributed by atoms with Crippen molar-refractivity contribution in [3.8, 4) is 0 Å². The molecule has 0 saturated carbocycles. The van der Waals surface area contributed by atoms with Gasteiger partial charge in [0.05, 0.1) is 22.5 Å². The van der Waals surface area contributed by atoms with Gasteiger partial charge in [-0.25, -0.2) is 0 Å². The Morgan fingerprint density at radius 2 is 2.06 bits per heavy atom. The summed E-state index contributed by atoms with van der Waals surface area (Å²) in [5.41, 5.74) is 3.90. The van der Waals surface area contributed by atoms with Gasteiger partial charge in [-0.2, -0.15) is 5.10 Å². The summed E-state index contributed by atoms with van der Waals surface area (Å²) in [6, 6.07) is 3.80. The fourth-order valence-corrected chi connectivity index (χ4v) is 2.20. The highest BCUT2D eigenvalue weighted by Crippen LogP contribution is 2.27. The zero-order chi connectivity index (χ0) is 13.3. The molecule has 1 heterocycles. The predicted octanol–water partition coefficient (Wildman–Crippen LogP) is 3.24. The van der Waals surface area contributed by atoms with Crippen LogP contribution in [0.5, 0.6) is 0 Å². The van der Waals surface area contributed by atoms with Crippen LogP contribution in [0.4, 0.5) is 5.69 Å². The van der Waals surface area contributed by atoms with Gasteiger partial charge >= 0.3 is 0 Å². The van der Waals surface area contributed by atoms with Gasteiger partial charge in [0.1, 0.15) is 0 Å². The van der Waals surface area contributed by atoms with E-state index in [1.807, 2.05) is 26.0 Å². The van der Waals surface area contributed by atoms with Crippen LogP contribution in [-0.4, -0.2) is 16.1 Å². The molecule has 1 aromatic carbocycles. The normalized spacial score (nSPS) is 10.4. The minimum atomic E-state index is -0.213. The van der Waals surface area contributed by atoms with E-state index in [4.69, 9.17) is 11.6 Å². The van der Waals surface area contributed by atoms with Crippen molar-refractivity contribution in [3.63, 3.8) is 0 Å². The number of nitrogens with zero attached hydrogens (tertiary/aromatic N) is 1. The van der Waals surface area contributed by atoms with Gasteiger partial charge in [-0.3, -0.25) is 9.89 Å². The van der Waals surface area contributed by atoms with Gasteiger partial charge in [-0.1, -0.05) is 17.7 Å². The number of aryl methyl sites for hydroxylation is 3. The van der Waals surface area contributed by atoms with Crippen LogP contribution in [0.2, 0.25) is 5.02 Å². The number of nitrogens with one attached hydrogen (secondary N) is 2. The fourth-order valence-electron chi connectivity index (χ4n) is 1.83. The Labute approximate surface area is 110 Å². The van der Waals surface area contributed by atoms with Gasteiger partial charge < -0.3 is 5.32 Å². The number of anilines is 1. The van der Waals surface area contributed by atoms with Crippen molar-refractivity contribution in [2.75, 3.05) is 5.32 Å². The molecule has 5 heteroatoms. The summed E-state index contributed by atoms with van der Waals surface area (Å²) in [6.45, 7) is 5.67. The van der Waals surface area contributed by atoms with Gasteiger partial charge in [0.2, 0.25) is 0 Å². The molecule has 94 valence electrons. The first-order valence-corrected chi connectivity index (χ1v) is 5.95. The Kier molecular flexibility index (Phi) is 3.39. The Balaban J connectivity index is 2.31. The van der Waals surface area contributed by atoms with Gasteiger partial charge in [-0.05, 0) is 38.0 Å². The van der Waals surface area contributed by atoms with Crippen LogP contribution >= 0.6 is 11.6 Å². The zero-order valence-electron chi connectivity index (χ0n) is 10.5. The lowest BCUT2D eigenvalue weighted by Gasteiger charge is -2.11. The SMILES string of the molecule is Cc1cc(C)c(NC(=O)c2cn[nH]c2C)c(Cl)c1. The molecule has 0 aliphatic rings. The maximum Gasteiger partial charge on any atom is 0.259 e. The number of hydrogen-bond donors (Lipinski definition) is 2. The van der Waals surface area contributed by atoms with E-state index in [2.05, 4.69) is 15.5 Å². The van der Waals surface area contributed by atoms with Crippen LogP contribution in [0, 0.1) is 20.8 Å². The monoisotopic (exact) mass is 263 g/mol. The van der Waals surface area contributed by atoms with E-state index >= 15 is 0 Å². The second-order valence-electron chi connectivity index (χ2n) is 4.30. The van der Waals surface area contributed by atoms with E-state index < -0.39 is 0 Å². The first kappa shape index (κ1) is 12.6. The molecule has 0 atom stereocenters. The van der Waals surface area contributed by atoms with Gasteiger partial charge in [-0.15, -0.1) is 0 Å². The average Bonchev–Trinajstić information content (AvgIpc) is 2.69. The molecule has 18 heavy (non-hydrogen) atoms. The number of rotatable bonds is 2. The molecule has 1 amide bonds. The van der Waals surface area contributed by atoms with Crippen LogP contribution in [0.25, 0.3) is 0 Å². The molecule has 0 aliphatic carbocycles. The summed E-state index contributed by atoms with van der Waals surface area (Å²) in [6.07, 6.45) is 1.50. The summed E-state index contributed by atoms with van der Waals surface area (Å²) in [4.78, 5) is 12.1. The third-order valence-corrected chi connectivity index (χ3v) is 3.04. The summed E-state index contributed by atoms with van der Waals surface area (Å²) in [5, 5.41) is 9.92. The molecule has 2 rings (SSSR count). The summed E-state index contributed by atoms with van der Waals surface area (Å²) < 4.78 is 0. The highest BCUT2D eigenvalue weighted by molar-refractivity contribution is 6.34. The van der Waals surface area contributed by atoms with E-state index in [0.717, 1.165) is 16.8 Å². The number of aromatic amines is 1. The maximum atomic E-state index is 12.1.